The van der Waals surface area contributed by atoms with Crippen molar-refractivity contribution < 1.29 is 14.3 Å². The van der Waals surface area contributed by atoms with Gasteiger partial charge in [0.2, 0.25) is 5.91 Å². The van der Waals surface area contributed by atoms with Gasteiger partial charge in [-0.2, -0.15) is 0 Å². The fourth-order valence-corrected chi connectivity index (χ4v) is 3.36. The maximum atomic E-state index is 12.7. The molecular formula is C24H22ClN3O3. The first-order valence-corrected chi connectivity index (χ1v) is 10.2. The minimum atomic E-state index is -0.105. The van der Waals surface area contributed by atoms with E-state index in [1.54, 1.807) is 31.4 Å². The molecule has 7 heteroatoms. The Balaban J connectivity index is 1.46. The number of hydrogen-bond donors (Lipinski definition) is 1. The van der Waals surface area contributed by atoms with Gasteiger partial charge in [0.15, 0.2) is 0 Å². The summed E-state index contributed by atoms with van der Waals surface area (Å²) in [7, 11) is 1.63. The van der Waals surface area contributed by atoms with E-state index in [-0.39, 0.29) is 19.1 Å². The van der Waals surface area contributed by atoms with E-state index in [0.717, 1.165) is 22.3 Å². The van der Waals surface area contributed by atoms with Crippen molar-refractivity contribution in [3.8, 4) is 11.5 Å². The third-order valence-electron chi connectivity index (χ3n) is 4.87. The molecule has 0 aliphatic carbocycles. The summed E-state index contributed by atoms with van der Waals surface area (Å²) in [5, 5.41) is 3.61. The van der Waals surface area contributed by atoms with Crippen molar-refractivity contribution in [2.45, 2.75) is 19.7 Å². The molecule has 1 amide bonds. The monoisotopic (exact) mass is 435 g/mol. The van der Waals surface area contributed by atoms with Gasteiger partial charge in [0, 0.05) is 11.6 Å². The summed E-state index contributed by atoms with van der Waals surface area (Å²) in [4.78, 5) is 17.3. The number of nitrogens with zero attached hydrogens (tertiary/aromatic N) is 2. The molecule has 1 heterocycles. The van der Waals surface area contributed by atoms with Gasteiger partial charge in [0.05, 0.1) is 18.1 Å². The topological polar surface area (TPSA) is 65.4 Å². The van der Waals surface area contributed by atoms with Gasteiger partial charge in [-0.15, -0.1) is 0 Å². The molecule has 0 aliphatic rings. The van der Waals surface area contributed by atoms with Crippen LogP contribution in [0.25, 0.3) is 11.0 Å². The minimum absolute atomic E-state index is 0.105. The number of benzene rings is 3. The molecule has 3 aromatic carbocycles. The maximum Gasteiger partial charge on any atom is 0.240 e. The summed E-state index contributed by atoms with van der Waals surface area (Å²) in [6.07, 6.45) is 0. The lowest BCUT2D eigenvalue weighted by atomic mass is 10.2. The quantitative estimate of drug-likeness (QED) is 0.439. The molecule has 1 aromatic heterocycles. The standard InChI is InChI=1S/C24H22ClN3O3/c1-30-19-10-6-17(7-11-19)14-26-24(29)15-28-22-5-3-2-4-21(22)27-23(28)16-31-20-12-8-18(25)9-13-20/h2-13H,14-16H2,1H3,(H,26,29). The van der Waals surface area contributed by atoms with E-state index >= 15 is 0 Å². The van der Waals surface area contributed by atoms with Crippen LogP contribution in [-0.4, -0.2) is 22.6 Å². The highest BCUT2D eigenvalue weighted by molar-refractivity contribution is 6.30. The van der Waals surface area contributed by atoms with Gasteiger partial charge in [-0.1, -0.05) is 35.9 Å². The highest BCUT2D eigenvalue weighted by atomic mass is 35.5. The number of para-hydroxylation sites is 2. The van der Waals surface area contributed by atoms with Gasteiger partial charge < -0.3 is 19.4 Å². The van der Waals surface area contributed by atoms with Crippen LogP contribution in [-0.2, 0) is 24.5 Å². The van der Waals surface area contributed by atoms with E-state index in [0.29, 0.717) is 23.1 Å². The number of methoxy groups -OCH3 is 1. The lowest BCUT2D eigenvalue weighted by molar-refractivity contribution is -0.121. The van der Waals surface area contributed by atoms with Crippen LogP contribution in [0.15, 0.2) is 72.8 Å². The first-order valence-electron chi connectivity index (χ1n) is 9.84. The van der Waals surface area contributed by atoms with E-state index in [1.807, 2.05) is 53.1 Å². The van der Waals surface area contributed by atoms with E-state index in [4.69, 9.17) is 21.1 Å². The highest BCUT2D eigenvalue weighted by Crippen LogP contribution is 2.20. The Hall–Kier alpha value is -3.51. The van der Waals surface area contributed by atoms with Crippen LogP contribution in [0.1, 0.15) is 11.4 Å². The Labute approximate surface area is 185 Å². The van der Waals surface area contributed by atoms with Crippen LogP contribution < -0.4 is 14.8 Å². The lowest BCUT2D eigenvalue weighted by Crippen LogP contribution is -2.28. The predicted molar refractivity (Wildman–Crippen MR) is 120 cm³/mol. The van der Waals surface area contributed by atoms with Crippen molar-refractivity contribution in [1.29, 1.82) is 0 Å². The van der Waals surface area contributed by atoms with Crippen LogP contribution in [0.5, 0.6) is 11.5 Å². The van der Waals surface area contributed by atoms with E-state index in [9.17, 15) is 4.79 Å². The molecule has 0 bridgehead atoms. The molecule has 6 nitrogen and oxygen atoms in total. The second-order valence-corrected chi connectivity index (χ2v) is 7.41. The molecule has 158 valence electrons. The summed E-state index contributed by atoms with van der Waals surface area (Å²) < 4.78 is 12.9. The summed E-state index contributed by atoms with van der Waals surface area (Å²) in [5.74, 6) is 2.04. The zero-order chi connectivity index (χ0) is 21.6. The van der Waals surface area contributed by atoms with Crippen LogP contribution in [0.3, 0.4) is 0 Å². The number of hydrogen-bond acceptors (Lipinski definition) is 4. The Morgan fingerprint density at radius 1 is 1.00 bits per heavy atom. The third kappa shape index (κ3) is 5.16. The number of carbonyl (C=O) groups is 1. The Morgan fingerprint density at radius 3 is 2.45 bits per heavy atom. The first-order chi connectivity index (χ1) is 15.1. The predicted octanol–water partition coefficient (Wildman–Crippen LogP) is 4.59. The number of amides is 1. The van der Waals surface area contributed by atoms with Crippen LogP contribution in [0.2, 0.25) is 5.02 Å². The molecule has 0 unspecified atom stereocenters. The molecule has 0 radical (unpaired) electrons. The molecule has 1 N–H and O–H groups in total. The van der Waals surface area contributed by atoms with E-state index < -0.39 is 0 Å². The van der Waals surface area contributed by atoms with Gasteiger partial charge in [-0.05, 0) is 54.1 Å². The van der Waals surface area contributed by atoms with Crippen LogP contribution >= 0.6 is 11.6 Å². The van der Waals surface area contributed by atoms with E-state index in [2.05, 4.69) is 10.3 Å². The average Bonchev–Trinajstić information content (AvgIpc) is 3.15. The number of halogens is 1. The fraction of sp³-hybridized carbons (Fsp3) is 0.167. The SMILES string of the molecule is COc1ccc(CNC(=O)Cn2c(COc3ccc(Cl)cc3)nc3ccccc32)cc1. The van der Waals surface area contributed by atoms with Gasteiger partial charge >= 0.3 is 0 Å². The molecule has 0 aliphatic heterocycles. The molecule has 0 atom stereocenters. The smallest absolute Gasteiger partial charge is 0.240 e. The van der Waals surface area contributed by atoms with Crippen molar-refractivity contribution >= 4 is 28.5 Å². The number of nitrogens with one attached hydrogen (secondary N) is 1. The number of ether oxygens (including phenoxy) is 2. The van der Waals surface area contributed by atoms with E-state index in [1.165, 1.54) is 0 Å². The minimum Gasteiger partial charge on any atom is -0.497 e. The molecule has 0 fully saturated rings. The number of aromatic nitrogens is 2. The Morgan fingerprint density at radius 2 is 1.71 bits per heavy atom. The number of rotatable bonds is 8. The zero-order valence-electron chi connectivity index (χ0n) is 17.0. The van der Waals surface area contributed by atoms with Crippen molar-refractivity contribution in [3.05, 3.63) is 89.2 Å². The number of carbonyl (C=O) groups excluding carboxylic acids is 1. The zero-order valence-corrected chi connectivity index (χ0v) is 17.8. The van der Waals surface area contributed by atoms with Crippen LogP contribution in [0, 0.1) is 0 Å². The van der Waals surface area contributed by atoms with Crippen molar-refractivity contribution in [2.75, 3.05) is 7.11 Å². The van der Waals surface area contributed by atoms with Gasteiger partial charge in [-0.3, -0.25) is 4.79 Å². The molecule has 0 saturated heterocycles. The van der Waals surface area contributed by atoms with Gasteiger partial charge in [0.25, 0.3) is 0 Å². The molecular weight excluding hydrogens is 414 g/mol. The number of imidazole rings is 1. The number of fused-ring (bicyclic) bond motifs is 1. The molecule has 0 saturated carbocycles. The molecule has 0 spiro atoms. The summed E-state index contributed by atoms with van der Waals surface area (Å²) in [6, 6.07) is 22.5. The summed E-state index contributed by atoms with van der Waals surface area (Å²) in [5.41, 5.74) is 2.70. The molecule has 4 rings (SSSR count). The van der Waals surface area contributed by atoms with Gasteiger partial charge in [0.1, 0.15) is 30.5 Å². The van der Waals surface area contributed by atoms with Crippen molar-refractivity contribution in [1.82, 2.24) is 14.9 Å². The Kier molecular flexibility index (Phi) is 6.38. The highest BCUT2D eigenvalue weighted by Gasteiger charge is 2.14. The summed E-state index contributed by atoms with van der Waals surface area (Å²) >= 11 is 5.93. The summed E-state index contributed by atoms with van der Waals surface area (Å²) in [6.45, 7) is 0.824. The van der Waals surface area contributed by atoms with Crippen molar-refractivity contribution in [2.24, 2.45) is 0 Å². The third-order valence-corrected chi connectivity index (χ3v) is 5.12. The molecule has 31 heavy (non-hydrogen) atoms. The largest absolute Gasteiger partial charge is 0.497 e. The Bertz CT molecular complexity index is 1170. The van der Waals surface area contributed by atoms with Crippen LogP contribution in [0.4, 0.5) is 0 Å². The fourth-order valence-electron chi connectivity index (χ4n) is 3.23. The second-order valence-electron chi connectivity index (χ2n) is 6.97. The average molecular weight is 436 g/mol. The second kappa shape index (κ2) is 9.53. The van der Waals surface area contributed by atoms with Gasteiger partial charge in [-0.25, -0.2) is 4.98 Å². The lowest BCUT2D eigenvalue weighted by Gasteiger charge is -2.11. The van der Waals surface area contributed by atoms with Crippen molar-refractivity contribution in [3.63, 3.8) is 0 Å². The normalized spacial score (nSPS) is 10.8. The molecule has 4 aromatic rings. The first kappa shape index (κ1) is 20.8. The maximum absolute atomic E-state index is 12.7.